The van der Waals surface area contributed by atoms with Crippen molar-refractivity contribution >= 4 is 22.5 Å². The van der Waals surface area contributed by atoms with Gasteiger partial charge in [0.15, 0.2) is 11.6 Å². The van der Waals surface area contributed by atoms with E-state index in [1.165, 1.54) is 0 Å². The SMILES string of the molecule is COc1ccccc1[C@@H](O)c1nc(Nc2cc(C)[nH]n2)c2ccccc2n1. The number of aryl methyl sites for hydroxylation is 1. The number of aliphatic hydroxyl groups is 1. The van der Waals surface area contributed by atoms with Crippen LogP contribution in [0.2, 0.25) is 0 Å². The number of hydrogen-bond donors (Lipinski definition) is 3. The van der Waals surface area contributed by atoms with Crippen LogP contribution in [0.25, 0.3) is 10.9 Å². The van der Waals surface area contributed by atoms with Crippen molar-refractivity contribution in [1.82, 2.24) is 20.2 Å². The fraction of sp³-hybridized carbons (Fsp3) is 0.150. The third-order valence-corrected chi connectivity index (χ3v) is 4.25. The molecule has 0 aliphatic rings. The standard InChI is InChI=1S/C20H19N5O2/c1-12-11-17(25-24-12)22-19-13-7-3-5-9-15(13)21-20(23-19)18(26)14-8-4-6-10-16(14)27-2/h3-11,18,26H,1-2H3,(H2,21,22,23,24,25)/t18-/m1/s1. The van der Waals surface area contributed by atoms with Crippen molar-refractivity contribution in [3.05, 3.63) is 71.7 Å². The highest BCUT2D eigenvalue weighted by atomic mass is 16.5. The smallest absolute Gasteiger partial charge is 0.164 e. The lowest BCUT2D eigenvalue weighted by Crippen LogP contribution is -2.09. The van der Waals surface area contributed by atoms with Gasteiger partial charge in [0.05, 0.1) is 12.6 Å². The largest absolute Gasteiger partial charge is 0.496 e. The molecule has 0 aliphatic heterocycles. The predicted molar refractivity (Wildman–Crippen MR) is 103 cm³/mol. The molecule has 2 aromatic carbocycles. The molecule has 0 bridgehead atoms. The molecular weight excluding hydrogens is 342 g/mol. The topological polar surface area (TPSA) is 96.0 Å². The maximum atomic E-state index is 10.9. The van der Waals surface area contributed by atoms with E-state index in [0.717, 1.165) is 16.6 Å². The van der Waals surface area contributed by atoms with Crippen LogP contribution < -0.4 is 10.1 Å². The molecular formula is C20H19N5O2. The zero-order valence-corrected chi connectivity index (χ0v) is 15.0. The molecule has 7 nitrogen and oxygen atoms in total. The first-order valence-corrected chi connectivity index (χ1v) is 8.52. The van der Waals surface area contributed by atoms with Crippen molar-refractivity contribution in [3.8, 4) is 5.75 Å². The minimum absolute atomic E-state index is 0.285. The van der Waals surface area contributed by atoms with E-state index in [-0.39, 0.29) is 5.82 Å². The highest BCUT2D eigenvalue weighted by Crippen LogP contribution is 2.31. The molecule has 2 heterocycles. The number of para-hydroxylation sites is 2. The highest BCUT2D eigenvalue weighted by molar-refractivity contribution is 5.90. The number of anilines is 2. The van der Waals surface area contributed by atoms with Gasteiger partial charge in [-0.1, -0.05) is 30.3 Å². The summed E-state index contributed by atoms with van der Waals surface area (Å²) >= 11 is 0. The number of aromatic amines is 1. The van der Waals surface area contributed by atoms with Crippen molar-refractivity contribution in [1.29, 1.82) is 0 Å². The first-order valence-electron chi connectivity index (χ1n) is 8.52. The Kier molecular flexibility index (Phi) is 4.43. The maximum Gasteiger partial charge on any atom is 0.164 e. The molecule has 2 aromatic heterocycles. The van der Waals surface area contributed by atoms with Gasteiger partial charge in [-0.3, -0.25) is 5.10 Å². The van der Waals surface area contributed by atoms with Gasteiger partial charge in [-0.05, 0) is 25.1 Å². The average molecular weight is 361 g/mol. The molecule has 3 N–H and O–H groups in total. The van der Waals surface area contributed by atoms with Crippen molar-refractivity contribution in [2.24, 2.45) is 0 Å². The first kappa shape index (κ1) is 17.0. The number of fused-ring (bicyclic) bond motifs is 1. The lowest BCUT2D eigenvalue weighted by atomic mass is 10.1. The minimum Gasteiger partial charge on any atom is -0.496 e. The summed E-state index contributed by atoms with van der Waals surface area (Å²) in [6.07, 6.45) is -1.02. The summed E-state index contributed by atoms with van der Waals surface area (Å²) in [6, 6.07) is 16.8. The zero-order valence-electron chi connectivity index (χ0n) is 15.0. The molecule has 0 unspecified atom stereocenters. The molecule has 7 heteroatoms. The Balaban J connectivity index is 1.81. The summed E-state index contributed by atoms with van der Waals surface area (Å²) in [7, 11) is 1.57. The van der Waals surface area contributed by atoms with Crippen LogP contribution in [0.1, 0.15) is 23.2 Å². The van der Waals surface area contributed by atoms with E-state index in [2.05, 4.69) is 25.5 Å². The van der Waals surface area contributed by atoms with E-state index >= 15 is 0 Å². The number of rotatable bonds is 5. The van der Waals surface area contributed by atoms with Crippen LogP contribution in [0, 0.1) is 6.92 Å². The van der Waals surface area contributed by atoms with Crippen LogP contribution in [0.5, 0.6) is 5.75 Å². The predicted octanol–water partition coefficient (Wildman–Crippen LogP) is 3.50. The van der Waals surface area contributed by atoms with Gasteiger partial charge < -0.3 is 15.2 Å². The summed E-state index contributed by atoms with van der Waals surface area (Å²) < 4.78 is 5.36. The van der Waals surface area contributed by atoms with Crippen molar-refractivity contribution in [3.63, 3.8) is 0 Å². The summed E-state index contributed by atoms with van der Waals surface area (Å²) in [6.45, 7) is 1.92. The fourth-order valence-corrected chi connectivity index (χ4v) is 2.95. The Morgan fingerprint density at radius 2 is 1.85 bits per heavy atom. The number of aromatic nitrogens is 4. The van der Waals surface area contributed by atoms with E-state index in [4.69, 9.17) is 4.74 Å². The van der Waals surface area contributed by atoms with Crippen LogP contribution in [-0.2, 0) is 0 Å². The van der Waals surface area contributed by atoms with Crippen LogP contribution in [0.4, 0.5) is 11.6 Å². The lowest BCUT2D eigenvalue weighted by molar-refractivity contribution is 0.205. The molecule has 0 amide bonds. The molecule has 27 heavy (non-hydrogen) atoms. The van der Waals surface area contributed by atoms with Crippen molar-refractivity contribution in [2.45, 2.75) is 13.0 Å². The fourth-order valence-electron chi connectivity index (χ4n) is 2.95. The van der Waals surface area contributed by atoms with Gasteiger partial charge in [0.25, 0.3) is 0 Å². The van der Waals surface area contributed by atoms with Gasteiger partial charge in [0.2, 0.25) is 0 Å². The summed E-state index contributed by atoms with van der Waals surface area (Å²) in [5.74, 6) is 2.09. The van der Waals surface area contributed by atoms with Crippen molar-refractivity contribution < 1.29 is 9.84 Å². The van der Waals surface area contributed by atoms with Crippen LogP contribution in [0.15, 0.2) is 54.6 Å². The second-order valence-corrected chi connectivity index (χ2v) is 6.15. The number of ether oxygens (including phenoxy) is 1. The van der Waals surface area contributed by atoms with Crippen LogP contribution in [-0.4, -0.2) is 32.4 Å². The first-order chi connectivity index (χ1) is 13.2. The molecule has 0 aliphatic carbocycles. The number of H-pyrrole nitrogens is 1. The van der Waals surface area contributed by atoms with Crippen LogP contribution in [0.3, 0.4) is 0 Å². The Morgan fingerprint density at radius 3 is 2.63 bits per heavy atom. The molecule has 0 radical (unpaired) electrons. The normalized spacial score (nSPS) is 12.1. The summed E-state index contributed by atoms with van der Waals surface area (Å²) in [5.41, 5.74) is 2.27. The Labute approximate surface area is 156 Å². The van der Waals surface area contributed by atoms with Gasteiger partial charge >= 0.3 is 0 Å². The van der Waals surface area contributed by atoms with Gasteiger partial charge in [-0.15, -0.1) is 0 Å². The van der Waals surface area contributed by atoms with E-state index in [9.17, 15) is 5.11 Å². The molecule has 4 rings (SSSR count). The Bertz CT molecular complexity index is 1090. The van der Waals surface area contributed by atoms with E-state index < -0.39 is 6.10 Å². The lowest BCUT2D eigenvalue weighted by Gasteiger charge is -2.15. The number of nitrogens with one attached hydrogen (secondary N) is 2. The van der Waals surface area contributed by atoms with Gasteiger partial charge in [0, 0.05) is 22.7 Å². The number of nitrogens with zero attached hydrogens (tertiary/aromatic N) is 3. The highest BCUT2D eigenvalue weighted by Gasteiger charge is 2.20. The maximum absolute atomic E-state index is 10.9. The molecule has 0 saturated heterocycles. The zero-order chi connectivity index (χ0) is 18.8. The minimum atomic E-state index is -1.02. The molecule has 1 atom stereocenters. The molecule has 0 saturated carbocycles. The second kappa shape index (κ2) is 7.05. The average Bonchev–Trinajstić information content (AvgIpc) is 3.12. The monoisotopic (exact) mass is 361 g/mol. The third kappa shape index (κ3) is 3.32. The molecule has 136 valence electrons. The number of hydrogen-bond acceptors (Lipinski definition) is 6. The summed E-state index contributed by atoms with van der Waals surface area (Å²) in [4.78, 5) is 9.13. The number of benzene rings is 2. The number of methoxy groups -OCH3 is 1. The van der Waals surface area contributed by atoms with E-state index in [0.29, 0.717) is 22.9 Å². The molecule has 0 fully saturated rings. The van der Waals surface area contributed by atoms with Crippen molar-refractivity contribution in [2.75, 3.05) is 12.4 Å². The van der Waals surface area contributed by atoms with Gasteiger partial charge in [0.1, 0.15) is 17.7 Å². The van der Waals surface area contributed by atoms with E-state index in [1.807, 2.05) is 49.4 Å². The van der Waals surface area contributed by atoms with Crippen LogP contribution >= 0.6 is 0 Å². The van der Waals surface area contributed by atoms with E-state index in [1.54, 1.807) is 19.2 Å². The number of aliphatic hydroxyl groups excluding tert-OH is 1. The third-order valence-electron chi connectivity index (χ3n) is 4.25. The second-order valence-electron chi connectivity index (χ2n) is 6.15. The summed E-state index contributed by atoms with van der Waals surface area (Å²) in [5, 5.41) is 22.0. The molecule has 4 aromatic rings. The Hall–Kier alpha value is -3.45. The van der Waals surface area contributed by atoms with Gasteiger partial charge in [-0.25, -0.2) is 9.97 Å². The van der Waals surface area contributed by atoms with Gasteiger partial charge in [-0.2, -0.15) is 5.10 Å². The quantitative estimate of drug-likeness (QED) is 0.503. The Morgan fingerprint density at radius 1 is 1.07 bits per heavy atom. The molecule has 0 spiro atoms.